The Bertz CT molecular complexity index is 1040. The molecule has 0 radical (unpaired) electrons. The van der Waals surface area contributed by atoms with E-state index in [0.29, 0.717) is 18.0 Å². The summed E-state index contributed by atoms with van der Waals surface area (Å²) in [6.07, 6.45) is 4.79. The van der Waals surface area contributed by atoms with Crippen molar-refractivity contribution in [2.24, 2.45) is 7.05 Å². The van der Waals surface area contributed by atoms with E-state index in [9.17, 15) is 8.42 Å². The molecule has 8 heteroatoms. The van der Waals surface area contributed by atoms with Crippen LogP contribution in [0.3, 0.4) is 0 Å². The van der Waals surface area contributed by atoms with Crippen molar-refractivity contribution in [3.63, 3.8) is 0 Å². The van der Waals surface area contributed by atoms with Gasteiger partial charge in [0, 0.05) is 38.4 Å². The molecule has 0 bridgehead atoms. The van der Waals surface area contributed by atoms with Crippen molar-refractivity contribution in [2.45, 2.75) is 30.6 Å². The van der Waals surface area contributed by atoms with E-state index in [1.165, 1.54) is 0 Å². The van der Waals surface area contributed by atoms with Crippen molar-refractivity contribution in [1.82, 2.24) is 24.1 Å². The molecule has 0 N–H and O–H groups in total. The zero-order chi connectivity index (χ0) is 18.3. The topological polar surface area (TPSA) is 81.0 Å². The summed E-state index contributed by atoms with van der Waals surface area (Å²) in [5, 5.41) is 4.59. The predicted molar refractivity (Wildman–Crippen MR) is 98.2 cm³/mol. The molecule has 0 aliphatic carbocycles. The maximum atomic E-state index is 12.8. The minimum absolute atomic E-state index is 0.194. The van der Waals surface area contributed by atoms with Crippen LogP contribution in [0.1, 0.15) is 30.0 Å². The van der Waals surface area contributed by atoms with Crippen LogP contribution in [0, 0.1) is 6.92 Å². The maximum absolute atomic E-state index is 12.8. The third-order valence-corrected chi connectivity index (χ3v) is 6.90. The Morgan fingerprint density at radius 3 is 2.38 bits per heavy atom. The van der Waals surface area contributed by atoms with Gasteiger partial charge in [-0.15, -0.1) is 0 Å². The fourth-order valence-corrected chi connectivity index (χ4v) is 4.98. The van der Waals surface area contributed by atoms with Crippen molar-refractivity contribution < 1.29 is 8.42 Å². The lowest BCUT2D eigenvalue weighted by atomic mass is 9.94. The summed E-state index contributed by atoms with van der Waals surface area (Å²) in [6, 6.07) is 7.02. The highest BCUT2D eigenvalue weighted by molar-refractivity contribution is 7.89. The SMILES string of the molecule is Cc1ccc(S(=O)(=O)N2CCC(c3nn(C)c4nccnc34)CC2)cc1. The molecule has 26 heavy (non-hydrogen) atoms. The van der Waals surface area contributed by atoms with Crippen molar-refractivity contribution in [3.05, 3.63) is 47.9 Å². The lowest BCUT2D eigenvalue weighted by Crippen LogP contribution is -2.38. The van der Waals surface area contributed by atoms with Gasteiger partial charge in [0.15, 0.2) is 5.65 Å². The molecule has 0 atom stereocenters. The molecule has 2 aromatic heterocycles. The molecule has 1 aliphatic rings. The smallest absolute Gasteiger partial charge is 0.243 e. The summed E-state index contributed by atoms with van der Waals surface area (Å²) < 4.78 is 29.0. The van der Waals surface area contributed by atoms with Gasteiger partial charge in [0.25, 0.3) is 0 Å². The van der Waals surface area contributed by atoms with E-state index in [4.69, 9.17) is 0 Å². The predicted octanol–water partition coefficient (Wildman–Crippen LogP) is 2.24. The van der Waals surface area contributed by atoms with Crippen molar-refractivity contribution in [3.8, 4) is 0 Å². The molecular formula is C18H21N5O2S. The van der Waals surface area contributed by atoms with Gasteiger partial charge in [0.1, 0.15) is 5.52 Å². The number of benzene rings is 1. The molecule has 4 rings (SSSR count). The standard InChI is InChI=1S/C18H21N5O2S/c1-13-3-5-15(6-4-13)26(24,25)23-11-7-14(8-12-23)16-17-18(22(2)21-16)20-10-9-19-17/h3-6,9-10,14H,7-8,11-12H2,1-2H3. The Morgan fingerprint density at radius 2 is 1.69 bits per heavy atom. The number of sulfonamides is 1. The molecule has 136 valence electrons. The second-order valence-electron chi connectivity index (χ2n) is 6.73. The quantitative estimate of drug-likeness (QED) is 0.705. The van der Waals surface area contributed by atoms with E-state index in [1.807, 2.05) is 26.1 Å². The summed E-state index contributed by atoms with van der Waals surface area (Å²) >= 11 is 0. The monoisotopic (exact) mass is 371 g/mol. The Morgan fingerprint density at radius 1 is 1.04 bits per heavy atom. The number of aromatic nitrogens is 4. The Hall–Kier alpha value is -2.32. The second-order valence-corrected chi connectivity index (χ2v) is 8.67. The second kappa shape index (κ2) is 6.44. The Kier molecular flexibility index (Phi) is 4.24. The lowest BCUT2D eigenvalue weighted by molar-refractivity contribution is 0.316. The molecule has 7 nitrogen and oxygen atoms in total. The minimum atomic E-state index is -3.44. The third-order valence-electron chi connectivity index (χ3n) is 4.99. The zero-order valence-electron chi connectivity index (χ0n) is 14.8. The van der Waals surface area contributed by atoms with E-state index < -0.39 is 10.0 Å². The average Bonchev–Trinajstić information content (AvgIpc) is 2.99. The van der Waals surface area contributed by atoms with Crippen LogP contribution in [0.2, 0.25) is 0 Å². The van der Waals surface area contributed by atoms with Crippen LogP contribution in [-0.2, 0) is 17.1 Å². The number of hydrogen-bond acceptors (Lipinski definition) is 5. The van der Waals surface area contributed by atoms with Crippen LogP contribution < -0.4 is 0 Å². The first kappa shape index (κ1) is 17.1. The third kappa shape index (κ3) is 2.89. The molecule has 1 aliphatic heterocycles. The van der Waals surface area contributed by atoms with E-state index in [1.54, 1.807) is 33.5 Å². The van der Waals surface area contributed by atoms with Gasteiger partial charge in [-0.3, -0.25) is 0 Å². The summed E-state index contributed by atoms with van der Waals surface area (Å²) in [5.74, 6) is 0.194. The van der Waals surface area contributed by atoms with E-state index in [-0.39, 0.29) is 5.92 Å². The van der Waals surface area contributed by atoms with E-state index in [2.05, 4.69) is 15.1 Å². The van der Waals surface area contributed by atoms with Gasteiger partial charge >= 0.3 is 0 Å². The van der Waals surface area contributed by atoms with E-state index >= 15 is 0 Å². The van der Waals surface area contributed by atoms with Crippen LogP contribution in [0.15, 0.2) is 41.6 Å². The minimum Gasteiger partial charge on any atom is -0.249 e. The van der Waals surface area contributed by atoms with Gasteiger partial charge in [-0.2, -0.15) is 9.40 Å². The highest BCUT2D eigenvalue weighted by Gasteiger charge is 2.32. The largest absolute Gasteiger partial charge is 0.249 e. The number of piperidine rings is 1. The molecule has 0 spiro atoms. The summed E-state index contributed by atoms with van der Waals surface area (Å²) in [7, 11) is -1.58. The Labute approximate surface area is 152 Å². The molecule has 1 aromatic carbocycles. The zero-order valence-corrected chi connectivity index (χ0v) is 15.6. The van der Waals surface area contributed by atoms with Crippen LogP contribution in [0.4, 0.5) is 0 Å². The normalized spacial score (nSPS) is 17.0. The van der Waals surface area contributed by atoms with E-state index in [0.717, 1.165) is 35.3 Å². The first-order chi connectivity index (χ1) is 12.5. The number of aryl methyl sites for hydroxylation is 2. The highest BCUT2D eigenvalue weighted by atomic mass is 32.2. The van der Waals surface area contributed by atoms with Crippen molar-refractivity contribution >= 4 is 21.2 Å². The Balaban J connectivity index is 1.54. The van der Waals surface area contributed by atoms with Gasteiger partial charge in [0.2, 0.25) is 10.0 Å². The molecule has 1 saturated heterocycles. The van der Waals surface area contributed by atoms with Crippen molar-refractivity contribution in [2.75, 3.05) is 13.1 Å². The molecule has 0 saturated carbocycles. The van der Waals surface area contributed by atoms with Crippen LogP contribution >= 0.6 is 0 Å². The number of fused-ring (bicyclic) bond motifs is 1. The van der Waals surface area contributed by atoms with Gasteiger partial charge in [-0.1, -0.05) is 17.7 Å². The highest BCUT2D eigenvalue weighted by Crippen LogP contribution is 2.32. The fourth-order valence-electron chi connectivity index (χ4n) is 3.51. The summed E-state index contributed by atoms with van der Waals surface area (Å²) in [6.45, 7) is 2.92. The summed E-state index contributed by atoms with van der Waals surface area (Å²) in [4.78, 5) is 9.11. The first-order valence-corrected chi connectivity index (χ1v) is 10.1. The van der Waals surface area contributed by atoms with Gasteiger partial charge in [0.05, 0.1) is 10.6 Å². The molecule has 1 fully saturated rings. The molecule has 3 heterocycles. The van der Waals surface area contributed by atoms with Gasteiger partial charge < -0.3 is 0 Å². The van der Waals surface area contributed by atoms with Crippen LogP contribution in [0.5, 0.6) is 0 Å². The summed E-state index contributed by atoms with van der Waals surface area (Å²) in [5.41, 5.74) is 3.54. The fraction of sp³-hybridized carbons (Fsp3) is 0.389. The molecular weight excluding hydrogens is 350 g/mol. The van der Waals surface area contributed by atoms with Gasteiger partial charge in [-0.05, 0) is 31.9 Å². The first-order valence-electron chi connectivity index (χ1n) is 8.67. The van der Waals surface area contributed by atoms with Crippen molar-refractivity contribution in [1.29, 1.82) is 0 Å². The van der Waals surface area contributed by atoms with Crippen LogP contribution in [-0.4, -0.2) is 45.6 Å². The average molecular weight is 371 g/mol. The molecule has 3 aromatic rings. The number of hydrogen-bond donors (Lipinski definition) is 0. The maximum Gasteiger partial charge on any atom is 0.243 e. The molecule has 0 amide bonds. The van der Waals surface area contributed by atoms with Gasteiger partial charge in [-0.25, -0.2) is 23.1 Å². The lowest BCUT2D eigenvalue weighted by Gasteiger charge is -2.30. The van der Waals surface area contributed by atoms with Crippen LogP contribution in [0.25, 0.3) is 11.2 Å². The number of nitrogens with zero attached hydrogens (tertiary/aromatic N) is 5. The molecule has 0 unspecified atom stereocenters. The number of rotatable bonds is 3.